The highest BCUT2D eigenvalue weighted by Crippen LogP contribution is 2.22. The number of aromatic nitrogens is 4. The number of fused-ring (bicyclic) bond motifs is 1. The van der Waals surface area contributed by atoms with Crippen LogP contribution in [0.15, 0.2) is 60.7 Å². The summed E-state index contributed by atoms with van der Waals surface area (Å²) in [7, 11) is 0. The van der Waals surface area contributed by atoms with E-state index in [-0.39, 0.29) is 0 Å². The average molecular weight is 336 g/mol. The first-order valence-corrected chi connectivity index (χ1v) is 7.89. The van der Waals surface area contributed by atoms with E-state index < -0.39 is 0 Å². The van der Waals surface area contributed by atoms with Crippen LogP contribution in [-0.2, 0) is 0 Å². The highest BCUT2D eigenvalue weighted by molar-refractivity contribution is 6.30. The summed E-state index contributed by atoms with van der Waals surface area (Å²) in [5.41, 5.74) is 2.69. The van der Waals surface area contributed by atoms with Gasteiger partial charge in [0, 0.05) is 28.0 Å². The van der Waals surface area contributed by atoms with Crippen molar-refractivity contribution >= 4 is 28.9 Å². The molecule has 0 unspecified atom stereocenters. The van der Waals surface area contributed by atoms with E-state index in [0.29, 0.717) is 16.6 Å². The maximum atomic E-state index is 6.06. The van der Waals surface area contributed by atoms with E-state index in [1.165, 1.54) is 0 Å². The lowest BCUT2D eigenvalue weighted by atomic mass is 10.2. The summed E-state index contributed by atoms with van der Waals surface area (Å²) in [6.07, 6.45) is 0. The summed E-state index contributed by atoms with van der Waals surface area (Å²) < 4.78 is 1.70. The third kappa shape index (κ3) is 2.81. The summed E-state index contributed by atoms with van der Waals surface area (Å²) in [5.74, 6) is 1.98. The van der Waals surface area contributed by atoms with Crippen LogP contribution < -0.4 is 5.32 Å². The van der Waals surface area contributed by atoms with Crippen molar-refractivity contribution in [2.75, 3.05) is 5.32 Å². The lowest BCUT2D eigenvalue weighted by Gasteiger charge is -2.08. The number of hydrogen-bond donors (Lipinski definition) is 1. The predicted molar refractivity (Wildman–Crippen MR) is 95.7 cm³/mol. The number of nitrogens with zero attached hydrogens (tertiary/aromatic N) is 4. The molecule has 0 saturated carbocycles. The largest absolute Gasteiger partial charge is 0.340 e. The SMILES string of the molecule is Cc1cc(Nc2cccc(Cl)c2)n2nc(-c3ccccc3)nc2n1. The van der Waals surface area contributed by atoms with Crippen LogP contribution in [0.1, 0.15) is 5.69 Å². The van der Waals surface area contributed by atoms with Gasteiger partial charge in [-0.25, -0.2) is 4.98 Å². The lowest BCUT2D eigenvalue weighted by molar-refractivity contribution is 0.940. The number of aryl methyl sites for hydroxylation is 1. The van der Waals surface area contributed by atoms with E-state index in [1.54, 1.807) is 4.52 Å². The normalized spacial score (nSPS) is 10.9. The standard InChI is InChI=1S/C18H14ClN5/c1-12-10-16(21-15-9-5-8-14(19)11-15)24-18(20-12)22-17(23-24)13-6-3-2-4-7-13/h2-11,21H,1H3. The molecule has 2 aromatic carbocycles. The Morgan fingerprint density at radius 2 is 1.79 bits per heavy atom. The van der Waals surface area contributed by atoms with Crippen molar-refractivity contribution in [1.29, 1.82) is 0 Å². The van der Waals surface area contributed by atoms with Gasteiger partial charge in [0.2, 0.25) is 0 Å². The Hall–Kier alpha value is -2.92. The van der Waals surface area contributed by atoms with E-state index in [4.69, 9.17) is 11.6 Å². The van der Waals surface area contributed by atoms with Crippen LogP contribution in [0.3, 0.4) is 0 Å². The van der Waals surface area contributed by atoms with Gasteiger partial charge < -0.3 is 5.32 Å². The highest BCUT2D eigenvalue weighted by Gasteiger charge is 2.11. The molecule has 0 atom stereocenters. The van der Waals surface area contributed by atoms with E-state index in [1.807, 2.05) is 67.6 Å². The van der Waals surface area contributed by atoms with Gasteiger partial charge in [0.15, 0.2) is 5.82 Å². The van der Waals surface area contributed by atoms with Crippen LogP contribution in [0.25, 0.3) is 17.2 Å². The Morgan fingerprint density at radius 1 is 0.958 bits per heavy atom. The fraction of sp³-hybridized carbons (Fsp3) is 0.0556. The van der Waals surface area contributed by atoms with Crippen LogP contribution in [-0.4, -0.2) is 19.6 Å². The van der Waals surface area contributed by atoms with Crippen LogP contribution in [0.2, 0.25) is 5.02 Å². The molecule has 5 nitrogen and oxygen atoms in total. The van der Waals surface area contributed by atoms with E-state index in [0.717, 1.165) is 22.8 Å². The number of hydrogen-bond acceptors (Lipinski definition) is 4. The molecule has 0 bridgehead atoms. The second-order valence-corrected chi connectivity index (χ2v) is 5.87. The number of halogens is 1. The molecule has 0 spiro atoms. The van der Waals surface area contributed by atoms with Crippen molar-refractivity contribution in [3.05, 3.63) is 71.4 Å². The second-order valence-electron chi connectivity index (χ2n) is 5.43. The average Bonchev–Trinajstić information content (AvgIpc) is 3.00. The molecule has 0 radical (unpaired) electrons. The molecule has 0 aliphatic carbocycles. The zero-order chi connectivity index (χ0) is 16.5. The van der Waals surface area contributed by atoms with Crippen molar-refractivity contribution in [1.82, 2.24) is 19.6 Å². The van der Waals surface area contributed by atoms with Crippen molar-refractivity contribution in [2.45, 2.75) is 6.92 Å². The van der Waals surface area contributed by atoms with E-state index in [2.05, 4.69) is 20.4 Å². The monoisotopic (exact) mass is 335 g/mol. The molecular formula is C18H14ClN5. The molecule has 0 saturated heterocycles. The lowest BCUT2D eigenvalue weighted by Crippen LogP contribution is -2.02. The molecule has 2 aromatic heterocycles. The maximum Gasteiger partial charge on any atom is 0.254 e. The Balaban J connectivity index is 1.81. The zero-order valence-electron chi connectivity index (χ0n) is 12.9. The molecule has 0 fully saturated rings. The van der Waals surface area contributed by atoms with E-state index >= 15 is 0 Å². The quantitative estimate of drug-likeness (QED) is 0.599. The van der Waals surface area contributed by atoms with Gasteiger partial charge in [-0.1, -0.05) is 48.0 Å². The predicted octanol–water partition coefficient (Wildman–Crippen LogP) is 4.50. The first-order chi connectivity index (χ1) is 11.7. The number of benzene rings is 2. The number of nitrogens with one attached hydrogen (secondary N) is 1. The maximum absolute atomic E-state index is 6.06. The van der Waals surface area contributed by atoms with Crippen molar-refractivity contribution < 1.29 is 0 Å². The Morgan fingerprint density at radius 3 is 2.58 bits per heavy atom. The van der Waals surface area contributed by atoms with E-state index in [9.17, 15) is 0 Å². The molecular weight excluding hydrogens is 322 g/mol. The van der Waals surface area contributed by atoms with Gasteiger partial charge in [-0.2, -0.15) is 9.50 Å². The smallest absolute Gasteiger partial charge is 0.254 e. The van der Waals surface area contributed by atoms with Crippen molar-refractivity contribution in [2.24, 2.45) is 0 Å². The van der Waals surface area contributed by atoms with Crippen LogP contribution in [0.5, 0.6) is 0 Å². The molecule has 0 aliphatic heterocycles. The fourth-order valence-corrected chi connectivity index (χ4v) is 2.69. The molecule has 4 rings (SSSR count). The van der Waals surface area contributed by atoms with Gasteiger partial charge in [0.25, 0.3) is 5.78 Å². The Kier molecular flexibility index (Phi) is 3.63. The van der Waals surface area contributed by atoms with Gasteiger partial charge in [-0.3, -0.25) is 0 Å². The van der Waals surface area contributed by atoms with Crippen molar-refractivity contribution in [3.63, 3.8) is 0 Å². The Labute approximate surface area is 144 Å². The molecule has 6 heteroatoms. The van der Waals surface area contributed by atoms with Crippen LogP contribution in [0.4, 0.5) is 11.5 Å². The second kappa shape index (κ2) is 5.94. The van der Waals surface area contributed by atoms with Gasteiger partial charge >= 0.3 is 0 Å². The topological polar surface area (TPSA) is 55.1 Å². The van der Waals surface area contributed by atoms with Gasteiger partial charge in [-0.15, -0.1) is 5.10 Å². The highest BCUT2D eigenvalue weighted by atomic mass is 35.5. The minimum atomic E-state index is 0.554. The van der Waals surface area contributed by atoms with Gasteiger partial charge in [-0.05, 0) is 25.1 Å². The Bertz CT molecular complexity index is 1010. The fourth-order valence-electron chi connectivity index (χ4n) is 2.50. The molecule has 0 aliphatic rings. The van der Waals surface area contributed by atoms with Crippen LogP contribution >= 0.6 is 11.6 Å². The van der Waals surface area contributed by atoms with Gasteiger partial charge in [0.1, 0.15) is 5.82 Å². The summed E-state index contributed by atoms with van der Waals surface area (Å²) in [6.45, 7) is 1.93. The van der Waals surface area contributed by atoms with Crippen LogP contribution in [0, 0.1) is 6.92 Å². The minimum absolute atomic E-state index is 0.554. The van der Waals surface area contributed by atoms with Crippen molar-refractivity contribution in [3.8, 4) is 11.4 Å². The number of rotatable bonds is 3. The molecule has 118 valence electrons. The molecule has 2 heterocycles. The summed E-state index contributed by atoms with van der Waals surface area (Å²) in [6, 6.07) is 19.3. The number of anilines is 2. The first-order valence-electron chi connectivity index (χ1n) is 7.51. The summed E-state index contributed by atoms with van der Waals surface area (Å²) in [5, 5.41) is 8.59. The minimum Gasteiger partial charge on any atom is -0.340 e. The molecule has 1 N–H and O–H groups in total. The molecule has 4 aromatic rings. The zero-order valence-corrected chi connectivity index (χ0v) is 13.7. The third-order valence-electron chi connectivity index (χ3n) is 3.57. The van der Waals surface area contributed by atoms with Gasteiger partial charge in [0.05, 0.1) is 0 Å². The molecule has 0 amide bonds. The first kappa shape index (κ1) is 14.7. The summed E-state index contributed by atoms with van der Waals surface area (Å²) in [4.78, 5) is 9.00. The molecule has 24 heavy (non-hydrogen) atoms. The third-order valence-corrected chi connectivity index (χ3v) is 3.80. The summed E-state index contributed by atoms with van der Waals surface area (Å²) >= 11 is 6.06.